The average molecular weight is 834 g/mol. The summed E-state index contributed by atoms with van der Waals surface area (Å²) in [6, 6.07) is 27.8. The van der Waals surface area contributed by atoms with Gasteiger partial charge in [0.05, 0.1) is 36.9 Å². The summed E-state index contributed by atoms with van der Waals surface area (Å²) in [6.45, 7) is 3.04. The first-order valence-corrected chi connectivity index (χ1v) is 19.4. The maximum atomic E-state index is 14.0. The standard InChI is InChI=1S/C39H40IN5O6S/c1-26-23-36(33-25-30(40)10-16-34(33)42-26)41-19-22-45(52(48,49)32-13-11-31(50-2)12-14-32)39(47)43-35-15-9-29(24-37(35)51-3)38(46)44-20-17-28(18-21-44)27-7-5-4-6-8-27/h4-16,23-25,28H,17-22H2,1-3H3,(H,41,42)(H,43,47). The summed E-state index contributed by atoms with van der Waals surface area (Å²) in [5.74, 6) is 0.977. The van der Waals surface area contributed by atoms with Crippen molar-refractivity contribution in [2.75, 3.05) is 51.0 Å². The van der Waals surface area contributed by atoms with Crippen LogP contribution in [0.4, 0.5) is 16.2 Å². The number of likely N-dealkylation sites (tertiary alicyclic amines) is 1. The first kappa shape index (κ1) is 36.9. The summed E-state index contributed by atoms with van der Waals surface area (Å²) in [4.78, 5) is 33.8. The third-order valence-corrected chi connectivity index (χ3v) is 11.6. The van der Waals surface area contributed by atoms with E-state index in [0.717, 1.165) is 43.0 Å². The zero-order valence-corrected chi connectivity index (χ0v) is 32.1. The molecule has 11 nitrogen and oxygen atoms in total. The topological polar surface area (TPSA) is 130 Å². The van der Waals surface area contributed by atoms with Crippen LogP contribution in [0.3, 0.4) is 0 Å². The monoisotopic (exact) mass is 833 g/mol. The lowest BCUT2D eigenvalue weighted by molar-refractivity contribution is 0.0712. The van der Waals surface area contributed by atoms with Crippen LogP contribution in [-0.2, 0) is 10.0 Å². The van der Waals surface area contributed by atoms with E-state index in [4.69, 9.17) is 9.47 Å². The number of hydrogen-bond donors (Lipinski definition) is 2. The molecule has 270 valence electrons. The number of aromatic nitrogens is 1. The molecule has 6 rings (SSSR count). The van der Waals surface area contributed by atoms with Crippen molar-refractivity contribution < 1.29 is 27.5 Å². The number of benzene rings is 4. The van der Waals surface area contributed by atoms with Crippen LogP contribution in [0.25, 0.3) is 10.9 Å². The molecule has 1 aliphatic rings. The number of methoxy groups -OCH3 is 2. The lowest BCUT2D eigenvalue weighted by atomic mass is 9.89. The number of amides is 3. The Bertz CT molecular complexity index is 2180. The Morgan fingerprint density at radius 1 is 0.904 bits per heavy atom. The number of nitrogens with zero attached hydrogens (tertiary/aromatic N) is 3. The number of carbonyl (C=O) groups excluding carboxylic acids is 2. The Balaban J connectivity index is 1.20. The highest BCUT2D eigenvalue weighted by Gasteiger charge is 2.31. The summed E-state index contributed by atoms with van der Waals surface area (Å²) in [5, 5.41) is 6.92. The van der Waals surface area contributed by atoms with Crippen molar-refractivity contribution in [3.05, 3.63) is 117 Å². The lowest BCUT2D eigenvalue weighted by Crippen LogP contribution is -2.42. The fourth-order valence-electron chi connectivity index (χ4n) is 6.40. The van der Waals surface area contributed by atoms with Crippen LogP contribution in [0, 0.1) is 10.5 Å². The van der Waals surface area contributed by atoms with Crippen LogP contribution >= 0.6 is 22.6 Å². The second-order valence-electron chi connectivity index (χ2n) is 12.5. The van der Waals surface area contributed by atoms with Crippen LogP contribution in [0.1, 0.15) is 40.4 Å². The van der Waals surface area contributed by atoms with Gasteiger partial charge in [-0.25, -0.2) is 17.5 Å². The summed E-state index contributed by atoms with van der Waals surface area (Å²) >= 11 is 2.23. The number of aryl methyl sites for hydroxylation is 1. The van der Waals surface area contributed by atoms with E-state index < -0.39 is 16.1 Å². The first-order chi connectivity index (χ1) is 25.1. The van der Waals surface area contributed by atoms with Gasteiger partial charge in [0.25, 0.3) is 15.9 Å². The SMILES string of the molecule is COc1ccc(S(=O)(=O)N(CCNc2cc(C)nc3ccc(I)cc23)C(=O)Nc2ccc(C(=O)N3CCC(c4ccccc4)CC3)cc2OC)cc1. The molecular formula is C39H40IN5O6S. The highest BCUT2D eigenvalue weighted by molar-refractivity contribution is 14.1. The molecule has 1 saturated heterocycles. The zero-order valence-electron chi connectivity index (χ0n) is 29.1. The van der Waals surface area contributed by atoms with Crippen molar-refractivity contribution in [2.24, 2.45) is 0 Å². The van der Waals surface area contributed by atoms with Gasteiger partial charge in [-0.3, -0.25) is 9.78 Å². The van der Waals surface area contributed by atoms with Gasteiger partial charge in [0.2, 0.25) is 0 Å². The number of pyridine rings is 1. The third kappa shape index (κ3) is 8.26. The molecule has 0 unspecified atom stereocenters. The summed E-state index contributed by atoms with van der Waals surface area (Å²) in [7, 11) is -1.41. The minimum atomic E-state index is -4.33. The maximum absolute atomic E-state index is 14.0. The van der Waals surface area contributed by atoms with Gasteiger partial charge >= 0.3 is 6.03 Å². The number of piperidine rings is 1. The van der Waals surface area contributed by atoms with E-state index in [0.29, 0.717) is 30.3 Å². The van der Waals surface area contributed by atoms with Crippen molar-refractivity contribution in [1.82, 2.24) is 14.2 Å². The minimum Gasteiger partial charge on any atom is -0.497 e. The summed E-state index contributed by atoms with van der Waals surface area (Å²) < 4.78 is 40.6. The molecule has 0 atom stereocenters. The van der Waals surface area contributed by atoms with E-state index in [1.807, 2.05) is 54.3 Å². The predicted octanol–water partition coefficient (Wildman–Crippen LogP) is 7.52. The number of fused-ring (bicyclic) bond motifs is 1. The van der Waals surface area contributed by atoms with E-state index in [-0.39, 0.29) is 35.3 Å². The van der Waals surface area contributed by atoms with E-state index in [1.54, 1.807) is 18.2 Å². The minimum absolute atomic E-state index is 0.0767. The fraction of sp³-hybridized carbons (Fsp3) is 0.256. The van der Waals surface area contributed by atoms with Gasteiger partial charge in [0.1, 0.15) is 11.5 Å². The van der Waals surface area contributed by atoms with Gasteiger partial charge in [-0.05, 0) is 121 Å². The van der Waals surface area contributed by atoms with Gasteiger partial charge in [-0.1, -0.05) is 30.3 Å². The number of rotatable bonds is 11. The molecule has 0 aliphatic carbocycles. The Morgan fingerprint density at radius 2 is 1.63 bits per heavy atom. The largest absolute Gasteiger partial charge is 0.497 e. The van der Waals surface area contributed by atoms with Crippen LogP contribution in [0.2, 0.25) is 0 Å². The predicted molar refractivity (Wildman–Crippen MR) is 211 cm³/mol. The Morgan fingerprint density at radius 3 is 2.33 bits per heavy atom. The van der Waals surface area contributed by atoms with Crippen molar-refractivity contribution in [2.45, 2.75) is 30.6 Å². The van der Waals surface area contributed by atoms with Crippen molar-refractivity contribution in [1.29, 1.82) is 0 Å². The molecule has 2 heterocycles. The number of nitrogens with one attached hydrogen (secondary N) is 2. The quantitative estimate of drug-likeness (QED) is 0.131. The van der Waals surface area contributed by atoms with Gasteiger partial charge in [-0.2, -0.15) is 0 Å². The normalized spacial score (nSPS) is 13.4. The molecule has 1 aromatic heterocycles. The molecule has 1 fully saturated rings. The lowest BCUT2D eigenvalue weighted by Gasteiger charge is -2.32. The molecule has 0 radical (unpaired) electrons. The molecule has 2 N–H and O–H groups in total. The first-order valence-electron chi connectivity index (χ1n) is 16.9. The molecule has 13 heteroatoms. The number of anilines is 2. The van der Waals surface area contributed by atoms with Crippen LogP contribution in [0.15, 0.2) is 102 Å². The number of hydrogen-bond acceptors (Lipinski definition) is 8. The Hall–Kier alpha value is -4.89. The van der Waals surface area contributed by atoms with Gasteiger partial charge in [-0.15, -0.1) is 0 Å². The van der Waals surface area contributed by atoms with Crippen LogP contribution in [-0.4, -0.2) is 74.9 Å². The van der Waals surface area contributed by atoms with E-state index in [9.17, 15) is 18.0 Å². The van der Waals surface area contributed by atoms with Crippen LogP contribution < -0.4 is 20.1 Å². The molecule has 5 aromatic rings. The second-order valence-corrected chi connectivity index (χ2v) is 15.6. The molecule has 3 amide bonds. The smallest absolute Gasteiger partial charge is 0.335 e. The van der Waals surface area contributed by atoms with Crippen molar-refractivity contribution in [3.63, 3.8) is 0 Å². The van der Waals surface area contributed by atoms with Gasteiger partial charge in [0.15, 0.2) is 0 Å². The second kappa shape index (κ2) is 16.2. The fourth-order valence-corrected chi connectivity index (χ4v) is 8.22. The molecule has 0 saturated carbocycles. The number of ether oxygens (including phenoxy) is 2. The molecule has 4 aromatic carbocycles. The van der Waals surface area contributed by atoms with E-state index >= 15 is 0 Å². The Labute approximate surface area is 317 Å². The average Bonchev–Trinajstić information content (AvgIpc) is 3.16. The maximum Gasteiger partial charge on any atom is 0.335 e. The van der Waals surface area contributed by atoms with Gasteiger partial charge < -0.3 is 25.0 Å². The molecule has 0 bridgehead atoms. The Kier molecular flexibility index (Phi) is 11.5. The number of urea groups is 1. The van der Waals surface area contributed by atoms with E-state index in [2.05, 4.69) is 50.3 Å². The summed E-state index contributed by atoms with van der Waals surface area (Å²) in [5.41, 5.74) is 4.28. The van der Waals surface area contributed by atoms with Crippen molar-refractivity contribution >= 4 is 66.8 Å². The van der Waals surface area contributed by atoms with Gasteiger partial charge in [0, 0.05) is 45.5 Å². The molecule has 0 spiro atoms. The highest BCUT2D eigenvalue weighted by atomic mass is 127. The third-order valence-electron chi connectivity index (χ3n) is 9.15. The van der Waals surface area contributed by atoms with Crippen molar-refractivity contribution in [3.8, 4) is 11.5 Å². The molecule has 52 heavy (non-hydrogen) atoms. The highest BCUT2D eigenvalue weighted by Crippen LogP contribution is 2.31. The molecule has 1 aliphatic heterocycles. The number of carbonyl (C=O) groups is 2. The number of sulfonamides is 1. The zero-order chi connectivity index (χ0) is 36.8. The van der Waals surface area contributed by atoms with Crippen LogP contribution in [0.5, 0.6) is 11.5 Å². The number of halogens is 1. The van der Waals surface area contributed by atoms with E-state index in [1.165, 1.54) is 44.0 Å². The summed E-state index contributed by atoms with van der Waals surface area (Å²) in [6.07, 6.45) is 1.73. The molecular weight excluding hydrogens is 793 g/mol.